The molecule has 0 unspecified atom stereocenters. The zero-order valence-electron chi connectivity index (χ0n) is 12.9. The van der Waals surface area contributed by atoms with Crippen molar-refractivity contribution in [2.24, 2.45) is 0 Å². The summed E-state index contributed by atoms with van der Waals surface area (Å²) in [5.41, 5.74) is 1.91. The van der Waals surface area contributed by atoms with Gasteiger partial charge in [-0.2, -0.15) is 0 Å². The average Bonchev–Trinajstić information content (AvgIpc) is 2.55. The first-order chi connectivity index (χ1) is 10.6. The Bertz CT molecular complexity index is 490. The Balaban J connectivity index is 0.000000246. The smallest absolute Gasteiger partial charge is 0.335 e. The molecule has 3 rings (SSSR count). The van der Waals surface area contributed by atoms with Gasteiger partial charge < -0.3 is 10.2 Å². The number of fused-ring (bicyclic) bond motifs is 1. The van der Waals surface area contributed by atoms with Gasteiger partial charge in [0.2, 0.25) is 0 Å². The second-order valence-corrected chi connectivity index (χ2v) is 6.06. The number of benzene rings is 1. The van der Waals surface area contributed by atoms with E-state index < -0.39 is 11.9 Å². The highest BCUT2D eigenvalue weighted by Gasteiger charge is 2.22. The number of rotatable bonds is 2. The minimum absolute atomic E-state index is 0.250. The van der Waals surface area contributed by atoms with E-state index in [-0.39, 0.29) is 11.1 Å². The monoisotopic (exact) mass is 304 g/mol. The van der Waals surface area contributed by atoms with Crippen LogP contribution in [0.4, 0.5) is 0 Å². The van der Waals surface area contributed by atoms with Crippen molar-refractivity contribution >= 4 is 11.9 Å². The lowest BCUT2D eigenvalue weighted by molar-refractivity contribution is 0.0678. The third kappa shape index (κ3) is 4.09. The predicted octanol–water partition coefficient (Wildman–Crippen LogP) is 4.30. The van der Waals surface area contributed by atoms with Gasteiger partial charge in [-0.3, -0.25) is 0 Å². The molecule has 1 aromatic rings. The highest BCUT2D eigenvalue weighted by Crippen LogP contribution is 2.27. The first-order valence-corrected chi connectivity index (χ1v) is 8.22. The molecule has 0 spiro atoms. The molecule has 0 atom stereocenters. The SMILES string of the molecule is C1CCCCC1.O=C(O)c1ccc(C(=O)O)c2c1CCCC2. The third-order valence-electron chi connectivity index (χ3n) is 4.50. The lowest BCUT2D eigenvalue weighted by Crippen LogP contribution is -2.15. The molecule has 2 aliphatic carbocycles. The molecule has 4 heteroatoms. The van der Waals surface area contributed by atoms with Crippen molar-refractivity contribution in [3.05, 3.63) is 34.4 Å². The lowest BCUT2D eigenvalue weighted by Gasteiger charge is -2.19. The van der Waals surface area contributed by atoms with E-state index in [1.54, 1.807) is 0 Å². The fourth-order valence-electron chi connectivity index (χ4n) is 3.33. The van der Waals surface area contributed by atoms with Crippen LogP contribution in [0.15, 0.2) is 12.1 Å². The molecule has 1 fully saturated rings. The summed E-state index contributed by atoms with van der Waals surface area (Å²) in [5, 5.41) is 18.0. The van der Waals surface area contributed by atoms with E-state index >= 15 is 0 Å². The molecule has 0 aromatic heterocycles. The van der Waals surface area contributed by atoms with Crippen molar-refractivity contribution in [3.8, 4) is 0 Å². The van der Waals surface area contributed by atoms with Gasteiger partial charge in [0.25, 0.3) is 0 Å². The van der Waals surface area contributed by atoms with Gasteiger partial charge in [-0.15, -0.1) is 0 Å². The summed E-state index contributed by atoms with van der Waals surface area (Å²) >= 11 is 0. The van der Waals surface area contributed by atoms with Crippen LogP contribution in [0.3, 0.4) is 0 Å². The summed E-state index contributed by atoms with van der Waals surface area (Å²) in [6, 6.07) is 2.80. The molecule has 0 bridgehead atoms. The topological polar surface area (TPSA) is 74.6 Å². The van der Waals surface area contributed by atoms with Crippen LogP contribution >= 0.6 is 0 Å². The number of carbonyl (C=O) groups is 2. The lowest BCUT2D eigenvalue weighted by atomic mass is 9.85. The zero-order valence-corrected chi connectivity index (χ0v) is 12.9. The minimum Gasteiger partial charge on any atom is -0.478 e. The highest BCUT2D eigenvalue weighted by atomic mass is 16.4. The second kappa shape index (κ2) is 7.97. The second-order valence-electron chi connectivity index (χ2n) is 6.06. The molecular weight excluding hydrogens is 280 g/mol. The summed E-state index contributed by atoms with van der Waals surface area (Å²) < 4.78 is 0. The van der Waals surface area contributed by atoms with Crippen molar-refractivity contribution in [2.45, 2.75) is 64.2 Å². The van der Waals surface area contributed by atoms with Crippen molar-refractivity contribution in [3.63, 3.8) is 0 Å². The Kier molecular flexibility index (Phi) is 5.99. The summed E-state index contributed by atoms with van der Waals surface area (Å²) in [4.78, 5) is 22.0. The maximum atomic E-state index is 11.0. The van der Waals surface area contributed by atoms with Crippen LogP contribution in [0.25, 0.3) is 0 Å². The Labute approximate surface area is 131 Å². The Morgan fingerprint density at radius 2 is 0.955 bits per heavy atom. The van der Waals surface area contributed by atoms with Crippen LogP contribution in [0.2, 0.25) is 0 Å². The standard InChI is InChI=1S/C12H12O4.C6H12/c13-11(14)9-5-6-10(12(15)16)8-4-2-1-3-7(8)9;1-2-4-6-5-3-1/h5-6H,1-4H2,(H,13,14)(H,15,16);1-6H2. The van der Waals surface area contributed by atoms with Gasteiger partial charge >= 0.3 is 11.9 Å². The maximum Gasteiger partial charge on any atom is 0.335 e. The van der Waals surface area contributed by atoms with Gasteiger partial charge in [0.1, 0.15) is 0 Å². The molecule has 120 valence electrons. The fourth-order valence-corrected chi connectivity index (χ4v) is 3.33. The maximum absolute atomic E-state index is 11.0. The molecular formula is C18H24O4. The predicted molar refractivity (Wildman–Crippen MR) is 84.7 cm³/mol. The molecule has 2 aliphatic rings. The number of carboxylic acids is 2. The Morgan fingerprint density at radius 3 is 1.23 bits per heavy atom. The van der Waals surface area contributed by atoms with E-state index in [1.807, 2.05) is 0 Å². The van der Waals surface area contributed by atoms with Crippen molar-refractivity contribution in [1.29, 1.82) is 0 Å². The van der Waals surface area contributed by atoms with E-state index in [1.165, 1.54) is 50.7 Å². The molecule has 0 saturated heterocycles. The van der Waals surface area contributed by atoms with E-state index in [9.17, 15) is 9.59 Å². The normalized spacial score (nSPS) is 16.9. The third-order valence-corrected chi connectivity index (χ3v) is 4.50. The molecule has 2 N–H and O–H groups in total. The van der Waals surface area contributed by atoms with Gasteiger partial charge in [-0.1, -0.05) is 38.5 Å². The van der Waals surface area contributed by atoms with E-state index in [0.29, 0.717) is 24.0 Å². The summed E-state index contributed by atoms with van der Waals surface area (Å²) in [6.45, 7) is 0. The van der Waals surface area contributed by atoms with Gasteiger partial charge in [-0.25, -0.2) is 9.59 Å². The summed E-state index contributed by atoms with van der Waals surface area (Å²) in [6.07, 6.45) is 12.2. The van der Waals surface area contributed by atoms with Crippen molar-refractivity contribution in [1.82, 2.24) is 0 Å². The summed E-state index contributed by atoms with van der Waals surface area (Å²) in [5.74, 6) is -1.95. The molecule has 1 saturated carbocycles. The molecule has 4 nitrogen and oxygen atoms in total. The first-order valence-electron chi connectivity index (χ1n) is 8.22. The quantitative estimate of drug-likeness (QED) is 0.854. The van der Waals surface area contributed by atoms with Gasteiger partial charge in [0.05, 0.1) is 11.1 Å². The summed E-state index contributed by atoms with van der Waals surface area (Å²) in [7, 11) is 0. The van der Waals surface area contributed by atoms with Gasteiger partial charge in [0, 0.05) is 0 Å². The number of hydrogen-bond acceptors (Lipinski definition) is 2. The number of aromatic carboxylic acids is 2. The van der Waals surface area contributed by atoms with E-state index in [4.69, 9.17) is 10.2 Å². The van der Waals surface area contributed by atoms with Crippen molar-refractivity contribution in [2.75, 3.05) is 0 Å². The fraction of sp³-hybridized carbons (Fsp3) is 0.556. The zero-order chi connectivity index (χ0) is 15.9. The minimum atomic E-state index is -0.977. The average molecular weight is 304 g/mol. The van der Waals surface area contributed by atoms with Crippen LogP contribution in [-0.4, -0.2) is 22.2 Å². The molecule has 1 aromatic carbocycles. The molecule has 22 heavy (non-hydrogen) atoms. The molecule has 0 radical (unpaired) electrons. The van der Waals surface area contributed by atoms with Crippen LogP contribution in [0.5, 0.6) is 0 Å². The van der Waals surface area contributed by atoms with Crippen LogP contribution in [0.1, 0.15) is 83.2 Å². The highest BCUT2D eigenvalue weighted by molar-refractivity contribution is 5.95. The van der Waals surface area contributed by atoms with Crippen molar-refractivity contribution < 1.29 is 19.8 Å². The number of carboxylic acid groups (broad SMARTS) is 2. The Morgan fingerprint density at radius 1 is 0.636 bits per heavy atom. The molecule has 0 amide bonds. The first kappa shape index (κ1) is 16.5. The van der Waals surface area contributed by atoms with E-state index in [2.05, 4.69) is 0 Å². The van der Waals surface area contributed by atoms with Crippen LogP contribution in [0, 0.1) is 0 Å². The van der Waals surface area contributed by atoms with Gasteiger partial charge in [-0.05, 0) is 48.9 Å². The van der Waals surface area contributed by atoms with Crippen LogP contribution in [-0.2, 0) is 12.8 Å². The Hall–Kier alpha value is -1.84. The van der Waals surface area contributed by atoms with E-state index in [0.717, 1.165) is 12.8 Å². The van der Waals surface area contributed by atoms with Crippen LogP contribution < -0.4 is 0 Å². The largest absolute Gasteiger partial charge is 0.478 e. The van der Waals surface area contributed by atoms with Gasteiger partial charge in [0.15, 0.2) is 0 Å². The number of hydrogen-bond donors (Lipinski definition) is 2. The molecule has 0 aliphatic heterocycles. The molecule has 0 heterocycles.